The lowest BCUT2D eigenvalue weighted by molar-refractivity contribution is -0.0605. The molecule has 1 fully saturated rings. The summed E-state index contributed by atoms with van der Waals surface area (Å²) in [6, 6.07) is 0.396. The van der Waals surface area contributed by atoms with E-state index >= 15 is 0 Å². The van der Waals surface area contributed by atoms with Crippen molar-refractivity contribution in [1.29, 1.82) is 0 Å². The zero-order valence-electron chi connectivity index (χ0n) is 8.63. The molecular formula is C9H19N3O. The summed E-state index contributed by atoms with van der Waals surface area (Å²) in [5.74, 6) is 0.516. The molecule has 1 heterocycles. The van der Waals surface area contributed by atoms with Gasteiger partial charge in [0.25, 0.3) is 0 Å². The van der Waals surface area contributed by atoms with Crippen LogP contribution in [0.5, 0.6) is 0 Å². The Morgan fingerprint density at radius 2 is 2.31 bits per heavy atom. The second-order valence-corrected chi connectivity index (χ2v) is 4.05. The van der Waals surface area contributed by atoms with Crippen molar-refractivity contribution in [3.63, 3.8) is 0 Å². The first-order valence-electron chi connectivity index (χ1n) is 4.66. The van der Waals surface area contributed by atoms with Crippen LogP contribution in [0.4, 0.5) is 0 Å². The van der Waals surface area contributed by atoms with Crippen LogP contribution in [-0.2, 0) is 4.74 Å². The van der Waals surface area contributed by atoms with Crippen molar-refractivity contribution in [1.82, 2.24) is 5.32 Å². The first-order chi connectivity index (χ1) is 6.03. The third kappa shape index (κ3) is 3.22. The van der Waals surface area contributed by atoms with Gasteiger partial charge in [-0.25, -0.2) is 0 Å². The van der Waals surface area contributed by atoms with Crippen LogP contribution in [0, 0.1) is 0 Å². The van der Waals surface area contributed by atoms with Gasteiger partial charge in [0.1, 0.15) is 0 Å². The zero-order chi connectivity index (χ0) is 9.90. The van der Waals surface area contributed by atoms with E-state index in [4.69, 9.17) is 10.5 Å². The van der Waals surface area contributed by atoms with Crippen molar-refractivity contribution in [2.24, 2.45) is 10.7 Å². The molecule has 0 saturated carbocycles. The highest BCUT2D eigenvalue weighted by Crippen LogP contribution is 2.23. The molecule has 4 nitrogen and oxygen atoms in total. The Morgan fingerprint density at radius 3 is 2.85 bits per heavy atom. The minimum atomic E-state index is -0.0378. The maximum absolute atomic E-state index is 5.59. The molecule has 13 heavy (non-hydrogen) atoms. The first kappa shape index (κ1) is 10.3. The number of hydrogen-bond donors (Lipinski definition) is 2. The lowest BCUT2D eigenvalue weighted by Gasteiger charge is -2.35. The maximum atomic E-state index is 5.59. The number of hydrogen-bond acceptors (Lipinski definition) is 2. The van der Waals surface area contributed by atoms with E-state index in [-0.39, 0.29) is 5.60 Å². The lowest BCUT2D eigenvalue weighted by atomic mass is 9.94. The normalized spacial score (nSPS) is 28.5. The van der Waals surface area contributed by atoms with Crippen LogP contribution in [0.3, 0.4) is 0 Å². The number of aliphatic imine (C=N–C) groups is 1. The van der Waals surface area contributed by atoms with E-state index in [2.05, 4.69) is 24.2 Å². The highest BCUT2D eigenvalue weighted by Gasteiger charge is 2.28. The molecule has 0 spiro atoms. The molecule has 1 rings (SSSR count). The molecule has 76 valence electrons. The Balaban J connectivity index is 2.43. The van der Waals surface area contributed by atoms with Crippen LogP contribution in [0.1, 0.15) is 26.7 Å². The van der Waals surface area contributed by atoms with E-state index in [1.54, 1.807) is 7.05 Å². The number of guanidine groups is 1. The van der Waals surface area contributed by atoms with Crippen LogP contribution in [0.2, 0.25) is 0 Å². The molecule has 1 atom stereocenters. The zero-order valence-corrected chi connectivity index (χ0v) is 8.63. The lowest BCUT2D eigenvalue weighted by Crippen LogP contribution is -2.48. The fourth-order valence-corrected chi connectivity index (χ4v) is 1.63. The average molecular weight is 185 g/mol. The van der Waals surface area contributed by atoms with Crippen molar-refractivity contribution in [3.05, 3.63) is 0 Å². The molecule has 0 radical (unpaired) electrons. The second kappa shape index (κ2) is 3.96. The molecule has 0 aromatic rings. The Hall–Kier alpha value is -0.770. The van der Waals surface area contributed by atoms with Crippen molar-refractivity contribution < 1.29 is 4.74 Å². The van der Waals surface area contributed by atoms with Crippen molar-refractivity contribution in [3.8, 4) is 0 Å². The number of nitrogens with two attached hydrogens (primary N) is 1. The summed E-state index contributed by atoms with van der Waals surface area (Å²) in [5, 5.41) is 3.17. The van der Waals surface area contributed by atoms with E-state index in [9.17, 15) is 0 Å². The number of nitrogens with zero attached hydrogens (tertiary/aromatic N) is 1. The Bertz CT molecular complexity index is 201. The summed E-state index contributed by atoms with van der Waals surface area (Å²) in [5.41, 5.74) is 5.55. The Morgan fingerprint density at radius 1 is 1.62 bits per heavy atom. The number of rotatable bonds is 1. The van der Waals surface area contributed by atoms with Gasteiger partial charge in [0.05, 0.1) is 5.60 Å². The molecule has 1 aliphatic rings. The topological polar surface area (TPSA) is 59.6 Å². The Kier molecular flexibility index (Phi) is 3.14. The molecular weight excluding hydrogens is 166 g/mol. The number of ether oxygens (including phenoxy) is 1. The fraction of sp³-hybridized carbons (Fsp3) is 0.889. The molecule has 0 aliphatic carbocycles. The minimum absolute atomic E-state index is 0.0378. The second-order valence-electron chi connectivity index (χ2n) is 4.05. The average Bonchev–Trinajstić information content (AvgIpc) is 2.02. The van der Waals surface area contributed by atoms with Gasteiger partial charge in [-0.05, 0) is 26.7 Å². The third-order valence-electron chi connectivity index (χ3n) is 2.29. The molecule has 4 heteroatoms. The molecule has 0 aromatic carbocycles. The van der Waals surface area contributed by atoms with E-state index in [1.165, 1.54) is 0 Å². The van der Waals surface area contributed by atoms with Crippen LogP contribution in [-0.4, -0.2) is 31.3 Å². The predicted octanol–water partition coefficient (Wildman–Crippen LogP) is 0.478. The van der Waals surface area contributed by atoms with E-state index in [1.807, 2.05) is 0 Å². The SMILES string of the molecule is CN=C(N)NC1CCOC(C)(C)C1. The van der Waals surface area contributed by atoms with E-state index in [0.717, 1.165) is 19.4 Å². The molecule has 1 aliphatic heterocycles. The highest BCUT2D eigenvalue weighted by molar-refractivity contribution is 5.77. The van der Waals surface area contributed by atoms with Gasteiger partial charge >= 0.3 is 0 Å². The molecule has 1 unspecified atom stereocenters. The van der Waals surface area contributed by atoms with Crippen LogP contribution >= 0.6 is 0 Å². The maximum Gasteiger partial charge on any atom is 0.188 e. The summed E-state index contributed by atoms with van der Waals surface area (Å²) < 4.78 is 5.59. The largest absolute Gasteiger partial charge is 0.375 e. The van der Waals surface area contributed by atoms with Gasteiger partial charge < -0.3 is 15.8 Å². The van der Waals surface area contributed by atoms with E-state index < -0.39 is 0 Å². The quantitative estimate of drug-likeness (QED) is 0.461. The van der Waals surface area contributed by atoms with Gasteiger partial charge in [-0.1, -0.05) is 0 Å². The predicted molar refractivity (Wildman–Crippen MR) is 53.7 cm³/mol. The smallest absolute Gasteiger partial charge is 0.188 e. The summed E-state index contributed by atoms with van der Waals surface area (Å²) in [7, 11) is 1.69. The van der Waals surface area contributed by atoms with Crippen LogP contribution in [0.15, 0.2) is 4.99 Å². The molecule has 0 amide bonds. The van der Waals surface area contributed by atoms with Gasteiger partial charge in [0, 0.05) is 19.7 Å². The summed E-state index contributed by atoms with van der Waals surface area (Å²) >= 11 is 0. The van der Waals surface area contributed by atoms with Gasteiger partial charge in [-0.15, -0.1) is 0 Å². The third-order valence-corrected chi connectivity index (χ3v) is 2.29. The summed E-state index contributed by atoms with van der Waals surface area (Å²) in [4.78, 5) is 3.87. The monoisotopic (exact) mass is 185 g/mol. The fourth-order valence-electron chi connectivity index (χ4n) is 1.63. The van der Waals surface area contributed by atoms with Crippen molar-refractivity contribution in [2.45, 2.75) is 38.3 Å². The summed E-state index contributed by atoms with van der Waals surface area (Å²) in [6.07, 6.45) is 1.98. The van der Waals surface area contributed by atoms with Crippen molar-refractivity contribution >= 4 is 5.96 Å². The summed E-state index contributed by atoms with van der Waals surface area (Å²) in [6.45, 7) is 4.99. The van der Waals surface area contributed by atoms with Gasteiger partial charge in [-0.3, -0.25) is 4.99 Å². The number of nitrogens with one attached hydrogen (secondary N) is 1. The molecule has 0 bridgehead atoms. The van der Waals surface area contributed by atoms with Crippen molar-refractivity contribution in [2.75, 3.05) is 13.7 Å². The highest BCUT2D eigenvalue weighted by atomic mass is 16.5. The minimum Gasteiger partial charge on any atom is -0.375 e. The standard InChI is InChI=1S/C9H19N3O/c1-9(2)6-7(4-5-13-9)12-8(10)11-3/h7H,4-6H2,1-3H3,(H3,10,11,12). The van der Waals surface area contributed by atoms with Gasteiger partial charge in [-0.2, -0.15) is 0 Å². The van der Waals surface area contributed by atoms with E-state index in [0.29, 0.717) is 12.0 Å². The van der Waals surface area contributed by atoms with Gasteiger partial charge in [0.2, 0.25) is 0 Å². The molecule has 1 saturated heterocycles. The Labute approximate surface area is 79.6 Å². The van der Waals surface area contributed by atoms with Crippen LogP contribution in [0.25, 0.3) is 0 Å². The van der Waals surface area contributed by atoms with Crippen LogP contribution < -0.4 is 11.1 Å². The van der Waals surface area contributed by atoms with Gasteiger partial charge in [0.15, 0.2) is 5.96 Å². The molecule has 3 N–H and O–H groups in total. The first-order valence-corrected chi connectivity index (χ1v) is 4.66. The molecule has 0 aromatic heterocycles.